The number of carboxylic acids is 1. The van der Waals surface area contributed by atoms with Gasteiger partial charge in [-0.3, -0.25) is 14.4 Å². The van der Waals surface area contributed by atoms with Gasteiger partial charge in [-0.25, -0.2) is 0 Å². The van der Waals surface area contributed by atoms with Crippen LogP contribution in [0.4, 0.5) is 0 Å². The number of nitrogens with zero attached hydrogens (tertiary/aromatic N) is 1. The molecule has 3 fully saturated rings. The quantitative estimate of drug-likeness (QED) is 0.440. The number of nitriles is 1. The summed E-state index contributed by atoms with van der Waals surface area (Å²) in [5, 5.41) is 25.3. The van der Waals surface area contributed by atoms with Crippen molar-refractivity contribution in [1.82, 2.24) is 10.6 Å². The normalized spacial score (nSPS) is 27.9. The molecule has 3 N–H and O–H groups in total. The average molecular weight is 526 g/mol. The number of carboxylic acid groups (broad SMARTS) is 1. The lowest BCUT2D eigenvalue weighted by atomic mass is 9.70. The maximum absolute atomic E-state index is 13.4. The van der Waals surface area contributed by atoms with Crippen molar-refractivity contribution >= 4 is 17.8 Å². The molecule has 1 aromatic carbocycles. The van der Waals surface area contributed by atoms with Crippen LogP contribution in [0.15, 0.2) is 12.1 Å². The van der Waals surface area contributed by atoms with Crippen molar-refractivity contribution in [3.8, 4) is 17.6 Å². The van der Waals surface area contributed by atoms with Crippen molar-refractivity contribution < 1.29 is 29.0 Å². The molecule has 3 aliphatic rings. The van der Waals surface area contributed by atoms with Crippen LogP contribution in [0, 0.1) is 28.1 Å². The Hall–Kier alpha value is -3.28. The van der Waals surface area contributed by atoms with Gasteiger partial charge in [-0.2, -0.15) is 5.26 Å². The predicted octanol–water partition coefficient (Wildman–Crippen LogP) is 4.18. The smallest absolute Gasteiger partial charge is 0.309 e. The highest BCUT2D eigenvalue weighted by molar-refractivity contribution is 5.98. The Morgan fingerprint density at radius 3 is 2.34 bits per heavy atom. The zero-order valence-electron chi connectivity index (χ0n) is 22.6. The third kappa shape index (κ3) is 5.90. The molecule has 0 saturated heterocycles. The molecule has 0 unspecified atom stereocenters. The number of carbonyl (C=O) groups is 3. The molecule has 4 rings (SSSR count). The summed E-state index contributed by atoms with van der Waals surface area (Å²) in [5.74, 6) is -0.958. The Balaban J connectivity index is 1.45. The molecule has 9 heteroatoms. The predicted molar refractivity (Wildman–Crippen MR) is 140 cm³/mol. The zero-order valence-corrected chi connectivity index (χ0v) is 22.6. The van der Waals surface area contributed by atoms with Crippen LogP contribution >= 0.6 is 0 Å². The van der Waals surface area contributed by atoms with Crippen LogP contribution in [-0.4, -0.2) is 48.7 Å². The molecule has 38 heavy (non-hydrogen) atoms. The van der Waals surface area contributed by atoms with Crippen molar-refractivity contribution in [3.63, 3.8) is 0 Å². The minimum Gasteiger partial charge on any atom is -0.496 e. The van der Waals surface area contributed by atoms with Crippen molar-refractivity contribution in [2.75, 3.05) is 13.7 Å². The van der Waals surface area contributed by atoms with Gasteiger partial charge in [0.15, 0.2) is 0 Å². The van der Waals surface area contributed by atoms with E-state index in [0.29, 0.717) is 38.6 Å². The average Bonchev–Trinajstić information content (AvgIpc) is 3.35. The Labute approximate surface area is 224 Å². The second-order valence-electron chi connectivity index (χ2n) is 11.8. The molecule has 3 aliphatic carbocycles. The lowest BCUT2D eigenvalue weighted by Crippen LogP contribution is -2.47. The zero-order chi connectivity index (χ0) is 27.5. The summed E-state index contributed by atoms with van der Waals surface area (Å²) in [4.78, 5) is 37.9. The van der Waals surface area contributed by atoms with Crippen LogP contribution in [0.2, 0.25) is 0 Å². The first-order valence-electron chi connectivity index (χ1n) is 13.7. The van der Waals surface area contributed by atoms with Crippen LogP contribution in [0.5, 0.6) is 11.5 Å². The molecule has 0 aliphatic heterocycles. The fourth-order valence-corrected chi connectivity index (χ4v) is 5.91. The fourth-order valence-electron chi connectivity index (χ4n) is 5.91. The van der Waals surface area contributed by atoms with Crippen LogP contribution < -0.4 is 20.1 Å². The van der Waals surface area contributed by atoms with Gasteiger partial charge in [-0.05, 0) is 69.8 Å². The van der Waals surface area contributed by atoms with E-state index >= 15 is 0 Å². The number of hydrogen-bond donors (Lipinski definition) is 3. The van der Waals surface area contributed by atoms with Gasteiger partial charge < -0.3 is 25.2 Å². The Morgan fingerprint density at radius 1 is 1.05 bits per heavy atom. The molecule has 2 atom stereocenters. The minimum absolute atomic E-state index is 0.0117. The number of benzene rings is 1. The molecule has 0 heterocycles. The second-order valence-corrected chi connectivity index (χ2v) is 11.8. The van der Waals surface area contributed by atoms with Crippen LogP contribution in [0.1, 0.15) is 94.0 Å². The van der Waals surface area contributed by atoms with E-state index in [2.05, 4.69) is 23.6 Å². The summed E-state index contributed by atoms with van der Waals surface area (Å²) in [6.07, 6.45) is 7.53. The van der Waals surface area contributed by atoms with E-state index in [1.165, 1.54) is 25.7 Å². The number of amides is 2. The molecule has 0 bridgehead atoms. The summed E-state index contributed by atoms with van der Waals surface area (Å²) >= 11 is 0. The number of rotatable bonds is 9. The first kappa shape index (κ1) is 27.7. The number of ether oxygens (including phenoxy) is 2. The van der Waals surface area contributed by atoms with Gasteiger partial charge in [0.05, 0.1) is 35.7 Å². The van der Waals surface area contributed by atoms with Gasteiger partial charge >= 0.3 is 5.97 Å². The molecule has 0 radical (unpaired) electrons. The molecule has 9 nitrogen and oxygen atoms in total. The largest absolute Gasteiger partial charge is 0.496 e. The maximum atomic E-state index is 13.4. The van der Waals surface area contributed by atoms with Crippen molar-refractivity contribution in [3.05, 3.63) is 23.3 Å². The second kappa shape index (κ2) is 11.2. The Bertz CT molecular complexity index is 1110. The summed E-state index contributed by atoms with van der Waals surface area (Å²) in [7, 11) is 1.44. The van der Waals surface area contributed by atoms with E-state index in [1.807, 2.05) is 0 Å². The Kier molecular flexibility index (Phi) is 8.19. The molecule has 3 saturated carbocycles. The van der Waals surface area contributed by atoms with Crippen LogP contribution in [-0.2, 0) is 9.59 Å². The topological polar surface area (TPSA) is 138 Å². The molecular weight excluding hydrogens is 486 g/mol. The highest BCUT2D eigenvalue weighted by atomic mass is 16.5. The monoisotopic (exact) mass is 525 g/mol. The van der Waals surface area contributed by atoms with E-state index in [0.717, 1.165) is 25.7 Å². The molecule has 206 valence electrons. The highest BCUT2D eigenvalue weighted by Gasteiger charge is 2.39. The summed E-state index contributed by atoms with van der Waals surface area (Å²) in [6.45, 7) is 4.60. The number of hydrogen-bond acceptors (Lipinski definition) is 6. The van der Waals surface area contributed by atoms with Crippen molar-refractivity contribution in [2.45, 2.75) is 90.2 Å². The van der Waals surface area contributed by atoms with Crippen molar-refractivity contribution in [2.24, 2.45) is 16.7 Å². The summed E-state index contributed by atoms with van der Waals surface area (Å²) < 4.78 is 11.6. The molecule has 0 aromatic heterocycles. The van der Waals surface area contributed by atoms with E-state index in [4.69, 9.17) is 9.47 Å². The highest BCUT2D eigenvalue weighted by Crippen LogP contribution is 2.40. The van der Waals surface area contributed by atoms with Gasteiger partial charge in [-0.1, -0.05) is 19.8 Å². The third-order valence-electron chi connectivity index (χ3n) is 8.93. The van der Waals surface area contributed by atoms with Crippen LogP contribution in [0.3, 0.4) is 0 Å². The first-order chi connectivity index (χ1) is 18.1. The first-order valence-corrected chi connectivity index (χ1v) is 13.7. The van der Waals surface area contributed by atoms with Gasteiger partial charge in [0, 0.05) is 18.7 Å². The van der Waals surface area contributed by atoms with Crippen LogP contribution in [0.25, 0.3) is 0 Å². The van der Waals surface area contributed by atoms with E-state index in [1.54, 1.807) is 6.92 Å². The molecular formula is C29H39N3O6. The lowest BCUT2D eigenvalue weighted by molar-refractivity contribution is -0.150. The fraction of sp³-hybridized carbons (Fsp3) is 0.655. The SMILES string of the molecule is COc1cc(C#N)c(O[C@H]2CC[C@@](C)(C(=O)O)CC2)cc1C(=O)N[C@@H]1CCC[C@@H]1C(=O)NCC1(C)CCC1. The standard InChI is InChI=1S/C29H39N3O6/c1-28(10-5-11-28)17-31-25(33)20-6-4-7-22(20)32-26(34)21-15-23(18(16-30)14-24(21)37-3)38-19-8-12-29(2,13-9-19)27(35)36/h14-15,19-20,22H,4-13,17H2,1-3H3,(H,31,33)(H,32,34)(H,35,36)/t19-,20-,22+,29+/m0/s1. The molecule has 2 amide bonds. The Morgan fingerprint density at radius 2 is 1.76 bits per heavy atom. The van der Waals surface area contributed by atoms with E-state index < -0.39 is 11.4 Å². The maximum Gasteiger partial charge on any atom is 0.309 e. The third-order valence-corrected chi connectivity index (χ3v) is 8.93. The van der Waals surface area contributed by atoms with Crippen molar-refractivity contribution in [1.29, 1.82) is 5.26 Å². The lowest BCUT2D eigenvalue weighted by Gasteiger charge is -2.38. The number of carbonyl (C=O) groups excluding carboxylic acids is 2. The summed E-state index contributed by atoms with van der Waals surface area (Å²) in [5.41, 5.74) is -0.111. The van der Waals surface area contributed by atoms with E-state index in [-0.39, 0.29) is 57.9 Å². The van der Waals surface area contributed by atoms with Gasteiger partial charge in [0.1, 0.15) is 17.6 Å². The number of nitrogens with one attached hydrogen (secondary N) is 2. The van der Waals surface area contributed by atoms with Gasteiger partial charge in [0.2, 0.25) is 5.91 Å². The minimum atomic E-state index is -0.812. The van der Waals surface area contributed by atoms with E-state index in [9.17, 15) is 24.8 Å². The number of methoxy groups -OCH3 is 1. The van der Waals surface area contributed by atoms with Gasteiger partial charge in [0.25, 0.3) is 5.91 Å². The summed E-state index contributed by atoms with van der Waals surface area (Å²) in [6, 6.07) is 4.84. The molecule has 0 spiro atoms. The number of aliphatic carboxylic acids is 1. The molecule has 1 aromatic rings. The van der Waals surface area contributed by atoms with Gasteiger partial charge in [-0.15, -0.1) is 0 Å².